The zero-order valence-corrected chi connectivity index (χ0v) is 9.45. The topological polar surface area (TPSA) is 154 Å². The second-order valence-electron chi connectivity index (χ2n) is 2.53. The maximum atomic E-state index is 9.93. The van der Waals surface area contributed by atoms with Crippen LogP contribution < -0.4 is 10.2 Å². The lowest BCUT2D eigenvalue weighted by Crippen LogP contribution is -2.16. The molecule has 1 rings (SSSR count). The number of hydrogen-bond acceptors (Lipinski definition) is 8. The van der Waals surface area contributed by atoms with E-state index in [1.54, 1.807) is 0 Å². The fraction of sp³-hybridized carbons (Fsp3) is 0.222. The van der Waals surface area contributed by atoms with E-state index in [2.05, 4.69) is 4.42 Å². The van der Waals surface area contributed by atoms with Crippen LogP contribution in [0.2, 0.25) is 0 Å². The molecule has 0 aromatic carbocycles. The van der Waals surface area contributed by atoms with Crippen LogP contribution in [0.15, 0.2) is 16.5 Å². The summed E-state index contributed by atoms with van der Waals surface area (Å²) < 4.78 is 4.43. The number of carbonyl (C=O) groups excluding carboxylic acids is 3. The summed E-state index contributed by atoms with van der Waals surface area (Å²) in [6, 6.07) is 2.37. The summed E-state index contributed by atoms with van der Waals surface area (Å²) in [5, 5.41) is 27.7. The summed E-state index contributed by atoms with van der Waals surface area (Å²) in [6.45, 7) is 1.94. The van der Waals surface area contributed by atoms with E-state index in [9.17, 15) is 14.9 Å². The minimum Gasteiger partial charge on any atom is -0.550 e. The van der Waals surface area contributed by atoms with Crippen molar-refractivity contribution in [3.8, 4) is 0 Å². The second kappa shape index (κ2) is 9.51. The Morgan fingerprint density at radius 3 is 1.78 bits per heavy atom. The van der Waals surface area contributed by atoms with Gasteiger partial charge in [-0.15, -0.1) is 0 Å². The molecule has 0 saturated carbocycles. The summed E-state index contributed by atoms with van der Waals surface area (Å²) in [5.41, 5.74) is 0. The highest BCUT2D eigenvalue weighted by Crippen LogP contribution is 2.13. The third-order valence-corrected chi connectivity index (χ3v) is 0.909. The number of aliphatic carboxylic acids is 2. The first-order chi connectivity index (χ1) is 8.20. The quantitative estimate of drug-likeness (QED) is 0.353. The summed E-state index contributed by atoms with van der Waals surface area (Å²) in [6.07, 6.45) is 0.410. The van der Waals surface area contributed by atoms with Gasteiger partial charge in [-0.25, -0.2) is 0 Å². The number of aldehydes is 1. The fourth-order valence-corrected chi connectivity index (χ4v) is 0.504. The van der Waals surface area contributed by atoms with Crippen molar-refractivity contribution in [2.24, 2.45) is 0 Å². The standard InChI is InChI=1S/C5H3NO4.2C2H4O2/c7-3-4-1-2-5(10-4)6(8)9;2*1-2(3)4/h1-3H;2*1H3,(H,3,4)/p-2. The Morgan fingerprint density at radius 1 is 1.22 bits per heavy atom. The molecule has 18 heavy (non-hydrogen) atoms. The van der Waals surface area contributed by atoms with E-state index in [0.29, 0.717) is 6.29 Å². The molecule has 9 heteroatoms. The van der Waals surface area contributed by atoms with E-state index in [1.165, 1.54) is 6.07 Å². The molecule has 0 aliphatic heterocycles. The minimum atomic E-state index is -1.08. The van der Waals surface area contributed by atoms with Gasteiger partial charge in [-0.2, -0.15) is 0 Å². The Hall–Kier alpha value is -2.71. The molecule has 9 nitrogen and oxygen atoms in total. The zero-order valence-electron chi connectivity index (χ0n) is 9.45. The van der Waals surface area contributed by atoms with Crippen LogP contribution >= 0.6 is 0 Å². The fourth-order valence-electron chi connectivity index (χ4n) is 0.504. The van der Waals surface area contributed by atoms with Crippen LogP contribution in [0.4, 0.5) is 5.88 Å². The van der Waals surface area contributed by atoms with Gasteiger partial charge in [0.15, 0.2) is 12.0 Å². The molecular weight excluding hydrogens is 250 g/mol. The van der Waals surface area contributed by atoms with Crippen molar-refractivity contribution in [3.05, 3.63) is 28.0 Å². The molecule has 1 heterocycles. The Balaban J connectivity index is 0. The number of nitro groups is 1. The molecule has 0 unspecified atom stereocenters. The minimum absolute atomic E-state index is 0.0355. The highest BCUT2D eigenvalue weighted by Gasteiger charge is 2.10. The monoisotopic (exact) mass is 259 g/mol. The van der Waals surface area contributed by atoms with Gasteiger partial charge < -0.3 is 24.2 Å². The predicted octanol–water partition coefficient (Wildman–Crippen LogP) is -1.49. The second-order valence-corrected chi connectivity index (χ2v) is 2.53. The summed E-state index contributed by atoms with van der Waals surface area (Å²) >= 11 is 0. The lowest BCUT2D eigenvalue weighted by Gasteiger charge is -1.79. The van der Waals surface area contributed by atoms with Gasteiger partial charge >= 0.3 is 5.88 Å². The van der Waals surface area contributed by atoms with Gasteiger partial charge in [0.25, 0.3) is 0 Å². The van der Waals surface area contributed by atoms with Crippen LogP contribution in [-0.2, 0) is 9.59 Å². The summed E-state index contributed by atoms with van der Waals surface area (Å²) in [7, 11) is 0. The third-order valence-electron chi connectivity index (χ3n) is 0.909. The van der Waals surface area contributed by atoms with Gasteiger partial charge in [0.2, 0.25) is 0 Å². The smallest absolute Gasteiger partial charge is 0.433 e. The van der Waals surface area contributed by atoms with Crippen molar-refractivity contribution in [3.63, 3.8) is 0 Å². The predicted molar refractivity (Wildman–Crippen MR) is 52.1 cm³/mol. The molecule has 1 aromatic heterocycles. The number of carbonyl (C=O) groups is 3. The number of furan rings is 1. The SMILES string of the molecule is CC(=O)[O-].CC(=O)[O-].O=Cc1ccc([N+](=O)[O-])o1. The first-order valence-electron chi connectivity index (χ1n) is 4.25. The maximum absolute atomic E-state index is 9.93. The largest absolute Gasteiger partial charge is 0.550 e. The van der Waals surface area contributed by atoms with E-state index in [1.807, 2.05) is 0 Å². The van der Waals surface area contributed by atoms with E-state index in [-0.39, 0.29) is 5.76 Å². The molecule has 0 radical (unpaired) electrons. The van der Waals surface area contributed by atoms with Crippen molar-refractivity contribution in [1.29, 1.82) is 0 Å². The molecule has 100 valence electrons. The van der Waals surface area contributed by atoms with Crippen LogP contribution in [-0.4, -0.2) is 23.1 Å². The lowest BCUT2D eigenvalue weighted by atomic mass is 10.5. The molecule has 1 aromatic rings. The molecule has 0 aliphatic rings. The Morgan fingerprint density at radius 2 is 1.61 bits per heavy atom. The highest BCUT2D eigenvalue weighted by molar-refractivity contribution is 5.70. The number of nitrogens with zero attached hydrogens (tertiary/aromatic N) is 1. The van der Waals surface area contributed by atoms with Gasteiger partial charge in [0.1, 0.15) is 4.92 Å². The number of carboxylic acids is 2. The first kappa shape index (κ1) is 17.7. The molecule has 0 saturated heterocycles. The zero-order chi connectivity index (χ0) is 14.7. The average molecular weight is 259 g/mol. The Kier molecular flexibility index (Phi) is 9.34. The van der Waals surface area contributed by atoms with Crippen LogP contribution in [0, 0.1) is 10.1 Å². The first-order valence-corrected chi connectivity index (χ1v) is 4.25. The molecule has 0 N–H and O–H groups in total. The van der Waals surface area contributed by atoms with Crippen LogP contribution in [0.1, 0.15) is 24.4 Å². The van der Waals surface area contributed by atoms with Crippen LogP contribution in [0.5, 0.6) is 0 Å². The Labute approximate surface area is 101 Å². The normalized spacial score (nSPS) is 7.89. The maximum Gasteiger partial charge on any atom is 0.433 e. The number of carboxylic acid groups (broad SMARTS) is 2. The molecule has 0 fully saturated rings. The lowest BCUT2D eigenvalue weighted by molar-refractivity contribution is -0.402. The van der Waals surface area contributed by atoms with Gasteiger partial charge in [-0.05, 0) is 19.9 Å². The summed E-state index contributed by atoms with van der Waals surface area (Å²) in [4.78, 5) is 36.9. The van der Waals surface area contributed by atoms with Crippen LogP contribution in [0.3, 0.4) is 0 Å². The van der Waals surface area contributed by atoms with Crippen molar-refractivity contribution < 1.29 is 33.9 Å². The van der Waals surface area contributed by atoms with E-state index in [4.69, 9.17) is 19.8 Å². The van der Waals surface area contributed by atoms with E-state index in [0.717, 1.165) is 19.9 Å². The molecule has 0 aliphatic carbocycles. The van der Waals surface area contributed by atoms with Crippen LogP contribution in [0.25, 0.3) is 0 Å². The molecule has 0 bridgehead atoms. The van der Waals surface area contributed by atoms with Gasteiger partial charge in [0.05, 0.1) is 6.07 Å². The van der Waals surface area contributed by atoms with Crippen molar-refractivity contribution in [2.75, 3.05) is 0 Å². The van der Waals surface area contributed by atoms with Gasteiger partial charge in [0, 0.05) is 11.9 Å². The number of rotatable bonds is 2. The van der Waals surface area contributed by atoms with E-state index < -0.39 is 22.7 Å². The van der Waals surface area contributed by atoms with Gasteiger partial charge in [-0.1, -0.05) is 0 Å². The molecule has 0 amide bonds. The van der Waals surface area contributed by atoms with Crippen molar-refractivity contribution in [2.45, 2.75) is 13.8 Å². The van der Waals surface area contributed by atoms with Crippen molar-refractivity contribution >= 4 is 24.1 Å². The van der Waals surface area contributed by atoms with Gasteiger partial charge in [-0.3, -0.25) is 14.9 Å². The average Bonchev–Trinajstić information content (AvgIpc) is 2.63. The molecule has 0 atom stereocenters. The molecular formula is C9H9NO8-2. The summed E-state index contributed by atoms with van der Waals surface area (Å²) in [5.74, 6) is -2.62. The van der Waals surface area contributed by atoms with Crippen molar-refractivity contribution in [1.82, 2.24) is 0 Å². The third kappa shape index (κ3) is 13.3. The Bertz CT molecular complexity index is 402. The molecule has 0 spiro atoms. The highest BCUT2D eigenvalue weighted by atomic mass is 16.6. The number of hydrogen-bond donors (Lipinski definition) is 0. The van der Waals surface area contributed by atoms with E-state index >= 15 is 0 Å².